The molecule has 24 heavy (non-hydrogen) atoms. The highest BCUT2D eigenvalue weighted by molar-refractivity contribution is 7.23. The van der Waals surface area contributed by atoms with E-state index in [1.807, 2.05) is 58.9 Å². The number of ether oxygens (including phenoxy) is 1. The van der Waals surface area contributed by atoms with Crippen LogP contribution in [0.25, 0.3) is 10.1 Å². The Bertz CT molecular complexity index is 766. The third-order valence-electron chi connectivity index (χ3n) is 3.48. The molecule has 1 aliphatic heterocycles. The van der Waals surface area contributed by atoms with Gasteiger partial charge in [-0.15, -0.1) is 11.3 Å². The van der Waals surface area contributed by atoms with E-state index in [1.165, 1.54) is 11.3 Å². The molecule has 0 saturated carbocycles. The van der Waals surface area contributed by atoms with Crippen molar-refractivity contribution in [3.8, 4) is 0 Å². The summed E-state index contributed by atoms with van der Waals surface area (Å²) in [7, 11) is -0.382. The summed E-state index contributed by atoms with van der Waals surface area (Å²) in [4.78, 5) is 12.0. The lowest BCUT2D eigenvalue weighted by Crippen LogP contribution is -2.34. The van der Waals surface area contributed by atoms with Crippen LogP contribution in [0.2, 0.25) is 0 Å². The molecule has 3 rings (SSSR count). The predicted octanol–water partition coefficient (Wildman–Crippen LogP) is 3.77. The summed E-state index contributed by atoms with van der Waals surface area (Å²) in [6.07, 6.45) is -0.454. The minimum Gasteiger partial charge on any atom is -0.444 e. The molecule has 1 saturated heterocycles. The number of hydrogen-bond donors (Lipinski definition) is 1. The molecule has 0 radical (unpaired) electrons. The second kappa shape index (κ2) is 6.06. The van der Waals surface area contributed by atoms with E-state index < -0.39 is 11.7 Å². The second-order valence-corrected chi connectivity index (χ2v) is 8.60. The second-order valence-electron chi connectivity index (χ2n) is 7.52. The van der Waals surface area contributed by atoms with Crippen molar-refractivity contribution in [1.82, 2.24) is 0 Å². The number of thiophene rings is 1. The highest BCUT2D eigenvalue weighted by Crippen LogP contribution is 2.30. The lowest BCUT2D eigenvalue weighted by atomic mass is 9.77. The van der Waals surface area contributed by atoms with Gasteiger partial charge in [-0.3, -0.25) is 5.32 Å². The summed E-state index contributed by atoms with van der Waals surface area (Å²) in [5.41, 5.74) is 0.162. The molecular formula is C17H22BNO4S. The Labute approximate surface area is 146 Å². The standard InChI is InChI=1S/C17H22BNO4S/c1-16(2,3)22-15(20)19-14-9-11-12(7-6-8-13(11)24-14)18-21-10-17(4,5)23-18/h6-9H,10H2,1-5H3,(H,19,20). The van der Waals surface area contributed by atoms with Gasteiger partial charge in [-0.2, -0.15) is 0 Å². The monoisotopic (exact) mass is 347 g/mol. The number of benzene rings is 1. The van der Waals surface area contributed by atoms with Gasteiger partial charge < -0.3 is 14.0 Å². The van der Waals surface area contributed by atoms with E-state index in [2.05, 4.69) is 5.32 Å². The van der Waals surface area contributed by atoms with Gasteiger partial charge >= 0.3 is 13.2 Å². The Morgan fingerprint density at radius 2 is 2.12 bits per heavy atom. The van der Waals surface area contributed by atoms with Crippen LogP contribution in [0.15, 0.2) is 24.3 Å². The van der Waals surface area contributed by atoms with E-state index in [1.54, 1.807) is 0 Å². The molecule has 2 heterocycles. The van der Waals surface area contributed by atoms with Crippen molar-refractivity contribution < 1.29 is 18.8 Å². The first kappa shape index (κ1) is 17.3. The zero-order valence-corrected chi connectivity index (χ0v) is 15.5. The first-order valence-electron chi connectivity index (χ1n) is 7.95. The van der Waals surface area contributed by atoms with Gasteiger partial charge in [-0.05, 0) is 57.6 Å². The van der Waals surface area contributed by atoms with Crippen molar-refractivity contribution in [1.29, 1.82) is 0 Å². The molecule has 0 bridgehead atoms. The van der Waals surface area contributed by atoms with E-state index in [9.17, 15) is 4.79 Å². The van der Waals surface area contributed by atoms with Crippen molar-refractivity contribution in [3.05, 3.63) is 24.3 Å². The molecule has 1 aliphatic rings. The number of carbonyl (C=O) groups is 1. The van der Waals surface area contributed by atoms with Crippen LogP contribution in [-0.4, -0.2) is 31.0 Å². The molecule has 5 nitrogen and oxygen atoms in total. The molecule has 1 aromatic heterocycles. The molecular weight excluding hydrogens is 325 g/mol. The molecule has 0 aliphatic carbocycles. The smallest absolute Gasteiger partial charge is 0.444 e. The fourth-order valence-corrected chi connectivity index (χ4v) is 3.52. The Morgan fingerprint density at radius 1 is 1.38 bits per heavy atom. The number of rotatable bonds is 2. The number of amides is 1. The van der Waals surface area contributed by atoms with Crippen LogP contribution in [-0.2, 0) is 14.0 Å². The number of anilines is 1. The van der Waals surface area contributed by atoms with Crippen LogP contribution < -0.4 is 10.8 Å². The average Bonchev–Trinajstić information content (AvgIpc) is 2.98. The predicted molar refractivity (Wildman–Crippen MR) is 98.2 cm³/mol. The van der Waals surface area contributed by atoms with Crippen LogP contribution in [0.5, 0.6) is 0 Å². The van der Waals surface area contributed by atoms with E-state index in [4.69, 9.17) is 14.0 Å². The van der Waals surface area contributed by atoms with E-state index in [0.29, 0.717) is 6.61 Å². The highest BCUT2D eigenvalue weighted by atomic mass is 32.1. The van der Waals surface area contributed by atoms with Crippen LogP contribution in [0, 0.1) is 0 Å². The van der Waals surface area contributed by atoms with Gasteiger partial charge in [0.05, 0.1) is 17.2 Å². The fraction of sp³-hybridized carbons (Fsp3) is 0.471. The molecule has 7 heteroatoms. The SMILES string of the molecule is CC(C)(C)OC(=O)Nc1cc2c(B3OCC(C)(C)O3)cccc2s1. The zero-order chi connectivity index (χ0) is 17.5. The Morgan fingerprint density at radius 3 is 2.75 bits per heavy atom. The summed E-state index contributed by atoms with van der Waals surface area (Å²) in [5, 5.41) is 4.56. The largest absolute Gasteiger partial charge is 0.495 e. The third kappa shape index (κ3) is 3.91. The summed E-state index contributed by atoms with van der Waals surface area (Å²) in [6.45, 7) is 10.1. The van der Waals surface area contributed by atoms with E-state index in [-0.39, 0.29) is 12.7 Å². The lowest BCUT2D eigenvalue weighted by Gasteiger charge is -2.19. The van der Waals surface area contributed by atoms with Crippen LogP contribution in [0.3, 0.4) is 0 Å². The molecule has 1 N–H and O–H groups in total. The van der Waals surface area contributed by atoms with E-state index in [0.717, 1.165) is 20.6 Å². The average molecular weight is 347 g/mol. The number of fused-ring (bicyclic) bond motifs is 1. The quantitative estimate of drug-likeness (QED) is 0.841. The van der Waals surface area contributed by atoms with Crippen molar-refractivity contribution in [3.63, 3.8) is 0 Å². The topological polar surface area (TPSA) is 56.8 Å². The van der Waals surface area contributed by atoms with Gasteiger partial charge in [0, 0.05) is 4.70 Å². The maximum Gasteiger partial charge on any atom is 0.495 e. The molecule has 0 spiro atoms. The van der Waals surface area contributed by atoms with Crippen molar-refractivity contribution in [2.24, 2.45) is 0 Å². The van der Waals surface area contributed by atoms with Crippen LogP contribution >= 0.6 is 11.3 Å². The van der Waals surface area contributed by atoms with Gasteiger partial charge in [0.2, 0.25) is 0 Å². The first-order valence-corrected chi connectivity index (χ1v) is 8.76. The first-order chi connectivity index (χ1) is 11.1. The normalized spacial score (nSPS) is 17.3. The van der Waals surface area contributed by atoms with Gasteiger partial charge in [-0.1, -0.05) is 12.1 Å². The van der Waals surface area contributed by atoms with Gasteiger partial charge in [-0.25, -0.2) is 4.79 Å². The summed E-state index contributed by atoms with van der Waals surface area (Å²) < 4.78 is 18.1. The maximum absolute atomic E-state index is 12.0. The molecule has 1 aromatic carbocycles. The molecule has 2 aromatic rings. The van der Waals surface area contributed by atoms with Gasteiger partial charge in [0.25, 0.3) is 0 Å². The lowest BCUT2D eigenvalue weighted by molar-refractivity contribution is 0.0636. The van der Waals surface area contributed by atoms with Crippen molar-refractivity contribution in [2.75, 3.05) is 11.9 Å². The maximum atomic E-state index is 12.0. The number of hydrogen-bond acceptors (Lipinski definition) is 5. The molecule has 128 valence electrons. The summed E-state index contributed by atoms with van der Waals surface area (Å²) in [5.74, 6) is 0. The van der Waals surface area contributed by atoms with Gasteiger partial charge in [0.15, 0.2) is 0 Å². The fourth-order valence-electron chi connectivity index (χ4n) is 2.54. The molecule has 1 fully saturated rings. The minimum atomic E-state index is -0.525. The molecule has 0 unspecified atom stereocenters. The molecule has 1 amide bonds. The highest BCUT2D eigenvalue weighted by Gasteiger charge is 2.39. The number of carbonyl (C=O) groups excluding carboxylic acids is 1. The third-order valence-corrected chi connectivity index (χ3v) is 4.50. The van der Waals surface area contributed by atoms with Gasteiger partial charge in [0.1, 0.15) is 5.60 Å². The Hall–Kier alpha value is -1.57. The number of nitrogens with one attached hydrogen (secondary N) is 1. The Kier molecular flexibility index (Phi) is 4.36. The van der Waals surface area contributed by atoms with Crippen LogP contribution in [0.1, 0.15) is 34.6 Å². The summed E-state index contributed by atoms with van der Waals surface area (Å²) >= 11 is 1.50. The zero-order valence-electron chi connectivity index (χ0n) is 14.6. The minimum absolute atomic E-state index is 0.291. The van der Waals surface area contributed by atoms with Crippen molar-refractivity contribution >= 4 is 45.1 Å². The van der Waals surface area contributed by atoms with Crippen LogP contribution in [0.4, 0.5) is 9.80 Å². The summed E-state index contributed by atoms with van der Waals surface area (Å²) in [6, 6.07) is 7.93. The molecule has 0 atom stereocenters. The van der Waals surface area contributed by atoms with E-state index >= 15 is 0 Å². The van der Waals surface area contributed by atoms with Crippen molar-refractivity contribution in [2.45, 2.75) is 45.8 Å². The Balaban J connectivity index is 1.84.